The molecule has 1 aliphatic rings. The molecule has 1 saturated carbocycles. The summed E-state index contributed by atoms with van der Waals surface area (Å²) in [6.45, 7) is 12.4. The first-order chi connectivity index (χ1) is 11.1. The predicted molar refractivity (Wildman–Crippen MR) is 115 cm³/mol. The number of nitrogens with one attached hydrogen (secondary N) is 2. The van der Waals surface area contributed by atoms with Gasteiger partial charge in [-0.2, -0.15) is 0 Å². The van der Waals surface area contributed by atoms with Crippen LogP contribution in [0.1, 0.15) is 44.3 Å². The minimum Gasteiger partial charge on any atom is -0.357 e. The molecule has 1 aliphatic carbocycles. The van der Waals surface area contributed by atoms with Crippen LogP contribution >= 0.6 is 35.3 Å². The number of thiazole rings is 1. The fourth-order valence-corrected chi connectivity index (χ4v) is 3.37. The first-order valence-electron chi connectivity index (χ1n) is 8.79. The zero-order chi connectivity index (χ0) is 16.7. The SMILES string of the molecule is CCNC(=NCCN(C(C)C)C1CC1)NCCc1csc(C)n1.I. The van der Waals surface area contributed by atoms with E-state index in [1.54, 1.807) is 11.3 Å². The Balaban J connectivity index is 0.00000288. The van der Waals surface area contributed by atoms with Gasteiger partial charge >= 0.3 is 0 Å². The Hall–Kier alpha value is -0.410. The molecular formula is C17H32IN5S. The second kappa shape index (κ2) is 11.3. The van der Waals surface area contributed by atoms with E-state index in [-0.39, 0.29) is 24.0 Å². The summed E-state index contributed by atoms with van der Waals surface area (Å²) in [7, 11) is 0. The molecule has 1 aromatic rings. The molecule has 2 N–H and O–H groups in total. The van der Waals surface area contributed by atoms with E-state index in [4.69, 9.17) is 4.99 Å². The lowest BCUT2D eigenvalue weighted by Gasteiger charge is -2.25. The Morgan fingerprint density at radius 3 is 2.71 bits per heavy atom. The quantitative estimate of drug-likeness (QED) is 0.335. The van der Waals surface area contributed by atoms with Crippen LogP contribution in [-0.4, -0.2) is 54.1 Å². The van der Waals surface area contributed by atoms with E-state index in [2.05, 4.69) is 46.7 Å². The second-order valence-corrected chi connectivity index (χ2v) is 7.42. The Bertz CT molecular complexity index is 497. The maximum Gasteiger partial charge on any atom is 0.191 e. The van der Waals surface area contributed by atoms with Gasteiger partial charge in [0.1, 0.15) is 0 Å². The first-order valence-corrected chi connectivity index (χ1v) is 9.67. The van der Waals surface area contributed by atoms with Gasteiger partial charge in [-0.05, 0) is 40.5 Å². The lowest BCUT2D eigenvalue weighted by Crippen LogP contribution is -2.40. The van der Waals surface area contributed by atoms with E-state index in [1.165, 1.54) is 12.8 Å². The van der Waals surface area contributed by atoms with Crippen molar-refractivity contribution in [1.29, 1.82) is 0 Å². The van der Waals surface area contributed by atoms with Crippen LogP contribution in [0, 0.1) is 6.92 Å². The fraction of sp³-hybridized carbons (Fsp3) is 0.765. The highest BCUT2D eigenvalue weighted by Crippen LogP contribution is 2.28. The zero-order valence-corrected chi connectivity index (χ0v) is 18.5. The number of aromatic nitrogens is 1. The molecule has 5 nitrogen and oxygen atoms in total. The monoisotopic (exact) mass is 465 g/mol. The summed E-state index contributed by atoms with van der Waals surface area (Å²) in [5.74, 6) is 0.916. The summed E-state index contributed by atoms with van der Waals surface area (Å²) in [6.07, 6.45) is 3.65. The molecule has 1 aromatic heterocycles. The molecule has 0 spiro atoms. The van der Waals surface area contributed by atoms with Crippen molar-refractivity contribution in [2.45, 2.75) is 59.0 Å². The van der Waals surface area contributed by atoms with Gasteiger partial charge in [-0.3, -0.25) is 9.89 Å². The number of aliphatic imine (C=N–C) groups is 1. The standard InChI is InChI=1S/C17H31N5S.HI/c1-5-18-17(19-9-8-15-12-23-14(4)21-15)20-10-11-22(13(2)3)16-6-7-16;/h12-13,16H,5-11H2,1-4H3,(H2,18,19,20);1H. The van der Waals surface area contributed by atoms with Gasteiger partial charge in [0, 0.05) is 43.5 Å². The summed E-state index contributed by atoms with van der Waals surface area (Å²) >= 11 is 1.71. The van der Waals surface area contributed by atoms with Gasteiger partial charge in [-0.15, -0.1) is 35.3 Å². The Labute approximate surface area is 167 Å². The van der Waals surface area contributed by atoms with Crippen LogP contribution in [0.25, 0.3) is 0 Å². The van der Waals surface area contributed by atoms with Crippen molar-refractivity contribution in [2.24, 2.45) is 4.99 Å². The van der Waals surface area contributed by atoms with E-state index in [1.807, 2.05) is 6.92 Å². The Morgan fingerprint density at radius 1 is 1.42 bits per heavy atom. The van der Waals surface area contributed by atoms with E-state index >= 15 is 0 Å². The highest BCUT2D eigenvalue weighted by Gasteiger charge is 2.29. The molecule has 0 radical (unpaired) electrons. The van der Waals surface area contributed by atoms with Gasteiger partial charge < -0.3 is 10.6 Å². The maximum absolute atomic E-state index is 4.72. The number of halogens is 1. The number of nitrogens with zero attached hydrogens (tertiary/aromatic N) is 3. The molecular weight excluding hydrogens is 433 g/mol. The third kappa shape index (κ3) is 7.65. The summed E-state index contributed by atoms with van der Waals surface area (Å²) in [5, 5.41) is 10.0. The molecule has 0 unspecified atom stereocenters. The number of rotatable bonds is 9. The molecule has 138 valence electrons. The topological polar surface area (TPSA) is 52.6 Å². The number of hydrogen-bond acceptors (Lipinski definition) is 4. The van der Waals surface area contributed by atoms with E-state index < -0.39 is 0 Å². The minimum absolute atomic E-state index is 0. The first kappa shape index (κ1) is 21.6. The highest BCUT2D eigenvalue weighted by molar-refractivity contribution is 14.0. The lowest BCUT2D eigenvalue weighted by molar-refractivity contribution is 0.218. The highest BCUT2D eigenvalue weighted by atomic mass is 127. The van der Waals surface area contributed by atoms with Crippen molar-refractivity contribution in [1.82, 2.24) is 20.5 Å². The zero-order valence-electron chi connectivity index (χ0n) is 15.3. The van der Waals surface area contributed by atoms with Crippen molar-refractivity contribution in [3.8, 4) is 0 Å². The average Bonchev–Trinajstić information content (AvgIpc) is 3.25. The maximum atomic E-state index is 4.72. The van der Waals surface area contributed by atoms with Gasteiger partial charge in [0.15, 0.2) is 5.96 Å². The van der Waals surface area contributed by atoms with Gasteiger partial charge in [-0.1, -0.05) is 0 Å². The molecule has 1 fully saturated rings. The molecule has 2 rings (SSSR count). The molecule has 0 aliphatic heterocycles. The van der Waals surface area contributed by atoms with E-state index in [9.17, 15) is 0 Å². The summed E-state index contributed by atoms with van der Waals surface area (Å²) < 4.78 is 0. The predicted octanol–water partition coefficient (Wildman–Crippen LogP) is 3.04. The minimum atomic E-state index is 0. The molecule has 0 atom stereocenters. The molecule has 7 heteroatoms. The number of guanidine groups is 1. The molecule has 0 saturated heterocycles. The van der Waals surface area contributed by atoms with Crippen molar-refractivity contribution in [2.75, 3.05) is 26.2 Å². The van der Waals surface area contributed by atoms with Crippen molar-refractivity contribution in [3.63, 3.8) is 0 Å². The normalized spacial score (nSPS) is 14.8. The van der Waals surface area contributed by atoms with Crippen LogP contribution < -0.4 is 10.6 Å². The van der Waals surface area contributed by atoms with Crippen LogP contribution in [0.5, 0.6) is 0 Å². The van der Waals surface area contributed by atoms with Gasteiger partial charge in [0.2, 0.25) is 0 Å². The molecule has 0 aromatic carbocycles. The molecule has 1 heterocycles. The molecule has 24 heavy (non-hydrogen) atoms. The van der Waals surface area contributed by atoms with Gasteiger partial charge in [-0.25, -0.2) is 4.98 Å². The average molecular weight is 465 g/mol. The van der Waals surface area contributed by atoms with Crippen LogP contribution in [0.3, 0.4) is 0 Å². The molecule has 0 amide bonds. The van der Waals surface area contributed by atoms with Crippen molar-refractivity contribution >= 4 is 41.3 Å². The van der Waals surface area contributed by atoms with Crippen LogP contribution in [0.4, 0.5) is 0 Å². The number of aryl methyl sites for hydroxylation is 1. The van der Waals surface area contributed by atoms with Crippen LogP contribution in [0.2, 0.25) is 0 Å². The molecule has 0 bridgehead atoms. The summed E-state index contributed by atoms with van der Waals surface area (Å²) in [6, 6.07) is 1.41. The third-order valence-electron chi connectivity index (χ3n) is 3.99. The van der Waals surface area contributed by atoms with Crippen molar-refractivity contribution in [3.05, 3.63) is 16.1 Å². The Kier molecular flexibility index (Phi) is 10.1. The van der Waals surface area contributed by atoms with E-state index in [0.29, 0.717) is 6.04 Å². The van der Waals surface area contributed by atoms with Crippen LogP contribution in [0.15, 0.2) is 10.4 Å². The summed E-state index contributed by atoms with van der Waals surface area (Å²) in [5.41, 5.74) is 1.16. The van der Waals surface area contributed by atoms with Crippen molar-refractivity contribution < 1.29 is 0 Å². The fourth-order valence-electron chi connectivity index (χ4n) is 2.72. The van der Waals surface area contributed by atoms with Gasteiger partial charge in [0.25, 0.3) is 0 Å². The van der Waals surface area contributed by atoms with E-state index in [0.717, 1.165) is 55.3 Å². The van der Waals surface area contributed by atoms with Gasteiger partial charge in [0.05, 0.1) is 17.2 Å². The smallest absolute Gasteiger partial charge is 0.191 e. The largest absolute Gasteiger partial charge is 0.357 e. The third-order valence-corrected chi connectivity index (χ3v) is 4.81. The lowest BCUT2D eigenvalue weighted by atomic mass is 10.3. The Morgan fingerprint density at radius 2 is 2.17 bits per heavy atom. The summed E-state index contributed by atoms with van der Waals surface area (Å²) in [4.78, 5) is 11.8. The number of hydrogen-bond donors (Lipinski definition) is 2. The van der Waals surface area contributed by atoms with Crippen LogP contribution in [-0.2, 0) is 6.42 Å². The second-order valence-electron chi connectivity index (χ2n) is 6.36.